The molecule has 0 aliphatic heterocycles. The molecule has 146 valence electrons. The Hall–Kier alpha value is -1.48. The molecule has 2 rings (SSSR count). The van der Waals surface area contributed by atoms with E-state index in [9.17, 15) is 17.6 Å². The highest BCUT2D eigenvalue weighted by Gasteiger charge is 2.21. The van der Waals surface area contributed by atoms with Gasteiger partial charge in [0.2, 0.25) is 15.9 Å². The molecular weight excluding hydrogens is 434 g/mol. The SMILES string of the molecule is CS(=O)(=O)N(CC(=O)NCCSc1ccc(Cl)cc1)c1ccc(F)c(Cl)c1. The molecule has 27 heavy (non-hydrogen) atoms. The second-order valence-corrected chi connectivity index (χ2v) is 9.44. The third kappa shape index (κ3) is 6.88. The molecule has 10 heteroatoms. The number of thioether (sulfide) groups is 1. The molecule has 0 aromatic heterocycles. The number of hydrogen-bond donors (Lipinski definition) is 1. The van der Waals surface area contributed by atoms with Crippen molar-refractivity contribution in [2.45, 2.75) is 4.90 Å². The number of amides is 1. The van der Waals surface area contributed by atoms with E-state index >= 15 is 0 Å². The second-order valence-electron chi connectivity index (χ2n) is 5.52. The number of carbonyl (C=O) groups excluding carboxylic acids is 1. The van der Waals surface area contributed by atoms with Crippen molar-refractivity contribution in [1.29, 1.82) is 0 Å². The second kappa shape index (κ2) is 9.64. The van der Waals surface area contributed by atoms with E-state index in [1.165, 1.54) is 23.9 Å². The van der Waals surface area contributed by atoms with Gasteiger partial charge in [0.15, 0.2) is 0 Å². The van der Waals surface area contributed by atoms with Crippen molar-refractivity contribution in [2.75, 3.05) is 29.4 Å². The first kappa shape index (κ1) is 21.8. The van der Waals surface area contributed by atoms with Crippen molar-refractivity contribution >= 4 is 56.6 Å². The fourth-order valence-corrected chi connectivity index (χ4v) is 4.03. The Labute approximate surface area is 171 Å². The monoisotopic (exact) mass is 450 g/mol. The molecule has 0 bridgehead atoms. The lowest BCUT2D eigenvalue weighted by Crippen LogP contribution is -2.41. The predicted molar refractivity (Wildman–Crippen MR) is 109 cm³/mol. The Morgan fingerprint density at radius 1 is 1.19 bits per heavy atom. The van der Waals surface area contributed by atoms with Gasteiger partial charge in [0.25, 0.3) is 0 Å². The fourth-order valence-electron chi connectivity index (χ4n) is 2.12. The van der Waals surface area contributed by atoms with Gasteiger partial charge in [0.1, 0.15) is 12.4 Å². The summed E-state index contributed by atoms with van der Waals surface area (Å²) in [6, 6.07) is 10.8. The minimum absolute atomic E-state index is 0.120. The molecular formula is C17H17Cl2FN2O3S2. The maximum Gasteiger partial charge on any atom is 0.240 e. The first-order valence-corrected chi connectivity index (χ1v) is 11.3. The summed E-state index contributed by atoms with van der Waals surface area (Å²) >= 11 is 13.1. The van der Waals surface area contributed by atoms with E-state index < -0.39 is 28.3 Å². The number of anilines is 1. The minimum atomic E-state index is -3.75. The van der Waals surface area contributed by atoms with E-state index in [1.807, 2.05) is 12.1 Å². The van der Waals surface area contributed by atoms with Crippen LogP contribution < -0.4 is 9.62 Å². The first-order valence-electron chi connectivity index (χ1n) is 7.74. The number of nitrogens with one attached hydrogen (secondary N) is 1. The molecule has 0 saturated carbocycles. The average molecular weight is 451 g/mol. The zero-order valence-corrected chi connectivity index (χ0v) is 17.4. The van der Waals surface area contributed by atoms with Gasteiger partial charge in [0.05, 0.1) is 17.0 Å². The Morgan fingerprint density at radius 2 is 1.85 bits per heavy atom. The van der Waals surface area contributed by atoms with Crippen molar-refractivity contribution in [3.8, 4) is 0 Å². The van der Waals surface area contributed by atoms with Gasteiger partial charge in [-0.2, -0.15) is 0 Å². The number of sulfonamides is 1. The van der Waals surface area contributed by atoms with E-state index in [1.54, 1.807) is 12.1 Å². The van der Waals surface area contributed by atoms with E-state index in [0.717, 1.165) is 21.5 Å². The van der Waals surface area contributed by atoms with Crippen LogP contribution in [-0.2, 0) is 14.8 Å². The lowest BCUT2D eigenvalue weighted by atomic mass is 10.3. The molecule has 0 saturated heterocycles. The molecule has 0 heterocycles. The molecule has 0 spiro atoms. The lowest BCUT2D eigenvalue weighted by Gasteiger charge is -2.22. The molecule has 1 amide bonds. The highest BCUT2D eigenvalue weighted by molar-refractivity contribution is 7.99. The van der Waals surface area contributed by atoms with Gasteiger partial charge < -0.3 is 5.32 Å². The van der Waals surface area contributed by atoms with Crippen LogP contribution in [0.25, 0.3) is 0 Å². The maximum absolute atomic E-state index is 13.3. The van der Waals surface area contributed by atoms with Crippen LogP contribution in [0.1, 0.15) is 0 Å². The smallest absolute Gasteiger partial charge is 0.240 e. The topological polar surface area (TPSA) is 66.5 Å². The van der Waals surface area contributed by atoms with Crippen molar-refractivity contribution in [3.05, 3.63) is 58.3 Å². The van der Waals surface area contributed by atoms with Crippen LogP contribution in [0.3, 0.4) is 0 Å². The number of hydrogen-bond acceptors (Lipinski definition) is 4. The Morgan fingerprint density at radius 3 is 2.44 bits per heavy atom. The highest BCUT2D eigenvalue weighted by atomic mass is 35.5. The number of nitrogens with zero attached hydrogens (tertiary/aromatic N) is 1. The Kier molecular flexibility index (Phi) is 7.79. The molecule has 0 atom stereocenters. The zero-order chi connectivity index (χ0) is 20.0. The van der Waals surface area contributed by atoms with Crippen molar-refractivity contribution in [2.24, 2.45) is 0 Å². The summed E-state index contributed by atoms with van der Waals surface area (Å²) < 4.78 is 38.2. The maximum atomic E-state index is 13.3. The largest absolute Gasteiger partial charge is 0.354 e. The first-order chi connectivity index (χ1) is 12.7. The lowest BCUT2D eigenvalue weighted by molar-refractivity contribution is -0.119. The van der Waals surface area contributed by atoms with Gasteiger partial charge in [-0.1, -0.05) is 23.2 Å². The minimum Gasteiger partial charge on any atom is -0.354 e. The molecule has 2 aromatic carbocycles. The Bertz CT molecular complexity index is 909. The quantitative estimate of drug-likeness (QED) is 0.490. The molecule has 0 aliphatic carbocycles. The number of benzene rings is 2. The van der Waals surface area contributed by atoms with Crippen LogP contribution in [0.15, 0.2) is 47.4 Å². The van der Waals surface area contributed by atoms with E-state index in [4.69, 9.17) is 23.2 Å². The summed E-state index contributed by atoms with van der Waals surface area (Å²) in [4.78, 5) is 13.1. The molecule has 0 unspecified atom stereocenters. The van der Waals surface area contributed by atoms with Crippen LogP contribution in [0.4, 0.5) is 10.1 Å². The molecule has 5 nitrogen and oxygen atoms in total. The van der Waals surface area contributed by atoms with Gasteiger partial charge in [-0.05, 0) is 42.5 Å². The van der Waals surface area contributed by atoms with E-state index in [-0.39, 0.29) is 10.7 Å². The summed E-state index contributed by atoms with van der Waals surface area (Å²) in [5.41, 5.74) is 0.120. The Balaban J connectivity index is 1.92. The van der Waals surface area contributed by atoms with E-state index in [2.05, 4.69) is 5.32 Å². The van der Waals surface area contributed by atoms with E-state index in [0.29, 0.717) is 17.3 Å². The summed E-state index contributed by atoms with van der Waals surface area (Å²) in [5, 5.41) is 3.09. The number of rotatable bonds is 8. The van der Waals surface area contributed by atoms with Crippen molar-refractivity contribution < 1.29 is 17.6 Å². The summed E-state index contributed by atoms with van der Waals surface area (Å²) in [5.74, 6) is -0.538. The predicted octanol–water partition coefficient (Wildman–Crippen LogP) is 3.81. The standard InChI is InChI=1S/C17H17Cl2FN2O3S2/c1-27(24,25)22(13-4-7-16(20)15(19)10-13)11-17(23)21-8-9-26-14-5-2-12(18)3-6-14/h2-7,10H,8-9,11H2,1H3,(H,21,23). The third-order valence-electron chi connectivity index (χ3n) is 3.39. The van der Waals surface area contributed by atoms with Crippen molar-refractivity contribution in [1.82, 2.24) is 5.32 Å². The van der Waals surface area contributed by atoms with Crippen LogP contribution in [0, 0.1) is 5.82 Å². The number of halogens is 3. The molecule has 0 fully saturated rings. The molecule has 2 aromatic rings. The van der Waals surface area contributed by atoms with Gasteiger partial charge in [-0.15, -0.1) is 11.8 Å². The van der Waals surface area contributed by atoms with Crippen molar-refractivity contribution in [3.63, 3.8) is 0 Å². The van der Waals surface area contributed by atoms with Gasteiger partial charge in [-0.25, -0.2) is 12.8 Å². The summed E-state index contributed by atoms with van der Waals surface area (Å²) in [7, 11) is -3.75. The summed E-state index contributed by atoms with van der Waals surface area (Å²) in [6.45, 7) is -0.0691. The normalized spacial score (nSPS) is 11.3. The fraction of sp³-hybridized carbons (Fsp3) is 0.235. The third-order valence-corrected chi connectivity index (χ3v) is 6.08. The zero-order valence-electron chi connectivity index (χ0n) is 14.3. The van der Waals surface area contributed by atoms with Crippen LogP contribution in [-0.4, -0.2) is 39.4 Å². The molecule has 1 N–H and O–H groups in total. The molecule has 0 aliphatic rings. The van der Waals surface area contributed by atoms with Gasteiger partial charge in [0, 0.05) is 22.2 Å². The summed E-state index contributed by atoms with van der Waals surface area (Å²) in [6.07, 6.45) is 0.966. The van der Waals surface area contributed by atoms with Gasteiger partial charge in [-0.3, -0.25) is 9.10 Å². The van der Waals surface area contributed by atoms with Crippen LogP contribution >= 0.6 is 35.0 Å². The molecule has 0 radical (unpaired) electrons. The average Bonchev–Trinajstić information content (AvgIpc) is 2.60. The highest BCUT2D eigenvalue weighted by Crippen LogP contribution is 2.24. The van der Waals surface area contributed by atoms with Crippen LogP contribution in [0.2, 0.25) is 10.0 Å². The number of carbonyl (C=O) groups is 1. The van der Waals surface area contributed by atoms with Gasteiger partial charge >= 0.3 is 0 Å². The van der Waals surface area contributed by atoms with Crippen LogP contribution in [0.5, 0.6) is 0 Å².